The Bertz CT molecular complexity index is 258. The van der Waals surface area contributed by atoms with Gasteiger partial charge in [-0.25, -0.2) is 5.10 Å². The molecule has 2 rings (SSSR count). The fraction of sp³-hybridized carbons (Fsp3) is 0.750. The molecule has 0 radical (unpaired) electrons. The topological polar surface area (TPSA) is 70.8 Å². The number of anilines is 1. The number of H-pyrrole nitrogens is 1. The SMILES string of the molecule is CC1C(N)CCCN1c1ncn[nH]1. The summed E-state index contributed by atoms with van der Waals surface area (Å²) < 4.78 is 0. The molecule has 1 fully saturated rings. The van der Waals surface area contributed by atoms with Crippen LogP contribution in [0.1, 0.15) is 19.8 Å². The smallest absolute Gasteiger partial charge is 0.221 e. The van der Waals surface area contributed by atoms with Crippen LogP contribution in [0.5, 0.6) is 0 Å². The summed E-state index contributed by atoms with van der Waals surface area (Å²) >= 11 is 0. The Morgan fingerprint density at radius 2 is 2.54 bits per heavy atom. The number of rotatable bonds is 1. The normalized spacial score (nSPS) is 29.2. The van der Waals surface area contributed by atoms with E-state index in [1.165, 1.54) is 6.33 Å². The first-order chi connectivity index (χ1) is 6.29. The molecule has 13 heavy (non-hydrogen) atoms. The van der Waals surface area contributed by atoms with Crippen LogP contribution >= 0.6 is 0 Å². The lowest BCUT2D eigenvalue weighted by molar-refractivity contribution is 0.416. The van der Waals surface area contributed by atoms with Gasteiger partial charge in [-0.2, -0.15) is 10.1 Å². The first-order valence-corrected chi connectivity index (χ1v) is 4.66. The second kappa shape index (κ2) is 3.33. The van der Waals surface area contributed by atoms with E-state index in [-0.39, 0.29) is 6.04 Å². The third-order valence-electron chi connectivity index (χ3n) is 2.72. The molecule has 2 unspecified atom stereocenters. The Hall–Kier alpha value is -1.10. The summed E-state index contributed by atoms with van der Waals surface area (Å²) in [6.45, 7) is 3.15. The molecule has 5 heteroatoms. The summed E-state index contributed by atoms with van der Waals surface area (Å²) in [5.41, 5.74) is 5.97. The van der Waals surface area contributed by atoms with Crippen molar-refractivity contribution in [1.82, 2.24) is 15.2 Å². The summed E-state index contributed by atoms with van der Waals surface area (Å²) in [6, 6.07) is 0.598. The van der Waals surface area contributed by atoms with Crippen molar-refractivity contribution in [2.24, 2.45) is 5.73 Å². The third kappa shape index (κ3) is 1.51. The minimum absolute atomic E-state index is 0.249. The molecule has 0 bridgehead atoms. The Balaban J connectivity index is 2.14. The van der Waals surface area contributed by atoms with E-state index in [1.807, 2.05) is 0 Å². The monoisotopic (exact) mass is 181 g/mol. The van der Waals surface area contributed by atoms with Crippen LogP contribution in [0.25, 0.3) is 0 Å². The van der Waals surface area contributed by atoms with E-state index < -0.39 is 0 Å². The molecule has 1 aliphatic rings. The summed E-state index contributed by atoms with van der Waals surface area (Å²) in [7, 11) is 0. The van der Waals surface area contributed by atoms with E-state index in [1.54, 1.807) is 0 Å². The average molecular weight is 181 g/mol. The minimum atomic E-state index is 0.249. The molecule has 72 valence electrons. The zero-order chi connectivity index (χ0) is 9.26. The zero-order valence-electron chi connectivity index (χ0n) is 7.77. The molecule has 3 N–H and O–H groups in total. The van der Waals surface area contributed by atoms with Gasteiger partial charge < -0.3 is 10.6 Å². The number of aromatic amines is 1. The van der Waals surface area contributed by atoms with Crippen LogP contribution in [0.2, 0.25) is 0 Å². The van der Waals surface area contributed by atoms with Crippen molar-refractivity contribution in [2.75, 3.05) is 11.4 Å². The van der Waals surface area contributed by atoms with Crippen LogP contribution in [-0.2, 0) is 0 Å². The summed E-state index contributed by atoms with van der Waals surface area (Å²) in [5, 5.41) is 6.71. The summed E-state index contributed by atoms with van der Waals surface area (Å²) in [6.07, 6.45) is 3.76. The Morgan fingerprint density at radius 1 is 1.69 bits per heavy atom. The highest BCUT2D eigenvalue weighted by Crippen LogP contribution is 2.19. The minimum Gasteiger partial charge on any atom is -0.337 e. The number of hydrogen-bond donors (Lipinski definition) is 2. The van der Waals surface area contributed by atoms with Crippen molar-refractivity contribution in [3.05, 3.63) is 6.33 Å². The molecule has 0 saturated carbocycles. The molecule has 1 aromatic rings. The number of aromatic nitrogens is 3. The van der Waals surface area contributed by atoms with Gasteiger partial charge in [0.25, 0.3) is 0 Å². The van der Waals surface area contributed by atoms with E-state index >= 15 is 0 Å². The molecule has 0 aliphatic carbocycles. The lowest BCUT2D eigenvalue weighted by Gasteiger charge is -2.37. The van der Waals surface area contributed by atoms with Crippen LogP contribution < -0.4 is 10.6 Å². The molecule has 1 saturated heterocycles. The maximum atomic E-state index is 5.97. The quantitative estimate of drug-likeness (QED) is 0.645. The second-order valence-corrected chi connectivity index (χ2v) is 3.55. The molecule has 0 spiro atoms. The van der Waals surface area contributed by atoms with E-state index in [9.17, 15) is 0 Å². The molecular weight excluding hydrogens is 166 g/mol. The molecule has 1 aromatic heterocycles. The Kier molecular flexibility index (Phi) is 2.18. The molecule has 2 atom stereocenters. The van der Waals surface area contributed by atoms with Crippen molar-refractivity contribution in [2.45, 2.75) is 31.8 Å². The third-order valence-corrected chi connectivity index (χ3v) is 2.72. The van der Waals surface area contributed by atoms with Gasteiger partial charge in [0.05, 0.1) is 0 Å². The Morgan fingerprint density at radius 3 is 3.23 bits per heavy atom. The number of nitrogens with two attached hydrogens (primary N) is 1. The molecule has 5 nitrogen and oxygen atoms in total. The molecule has 2 heterocycles. The van der Waals surface area contributed by atoms with Crippen LogP contribution in [0, 0.1) is 0 Å². The number of nitrogens with one attached hydrogen (secondary N) is 1. The lowest BCUT2D eigenvalue weighted by Crippen LogP contribution is -2.50. The maximum absolute atomic E-state index is 5.97. The van der Waals surface area contributed by atoms with Crippen LogP contribution in [0.3, 0.4) is 0 Å². The first kappa shape index (κ1) is 8.50. The fourth-order valence-electron chi connectivity index (χ4n) is 1.81. The van der Waals surface area contributed by atoms with Gasteiger partial charge in [-0.15, -0.1) is 0 Å². The molecule has 1 aliphatic heterocycles. The second-order valence-electron chi connectivity index (χ2n) is 3.55. The van der Waals surface area contributed by atoms with Crippen LogP contribution in [-0.4, -0.2) is 33.8 Å². The van der Waals surface area contributed by atoms with Gasteiger partial charge in [0.2, 0.25) is 5.95 Å². The van der Waals surface area contributed by atoms with Crippen molar-refractivity contribution < 1.29 is 0 Å². The molecule has 0 amide bonds. The van der Waals surface area contributed by atoms with E-state index in [4.69, 9.17) is 5.73 Å². The van der Waals surface area contributed by atoms with Gasteiger partial charge in [-0.05, 0) is 19.8 Å². The molecular formula is C8H15N5. The van der Waals surface area contributed by atoms with E-state index in [2.05, 4.69) is 27.0 Å². The number of piperidine rings is 1. The predicted octanol–water partition coefficient (Wildman–Crippen LogP) is 0.121. The van der Waals surface area contributed by atoms with Crippen molar-refractivity contribution in [3.63, 3.8) is 0 Å². The standard InChI is InChI=1S/C8H15N5/c1-6-7(9)3-2-4-13(6)8-10-5-11-12-8/h5-7H,2-4,9H2,1H3,(H,10,11,12). The van der Waals surface area contributed by atoms with Gasteiger partial charge in [0.15, 0.2) is 0 Å². The van der Waals surface area contributed by atoms with Gasteiger partial charge >= 0.3 is 0 Å². The first-order valence-electron chi connectivity index (χ1n) is 4.66. The highest BCUT2D eigenvalue weighted by atomic mass is 15.4. The van der Waals surface area contributed by atoms with Gasteiger partial charge in [-0.1, -0.05) is 0 Å². The van der Waals surface area contributed by atoms with Crippen LogP contribution in [0.15, 0.2) is 6.33 Å². The maximum Gasteiger partial charge on any atom is 0.221 e. The van der Waals surface area contributed by atoms with Gasteiger partial charge in [0, 0.05) is 18.6 Å². The van der Waals surface area contributed by atoms with Crippen molar-refractivity contribution in [3.8, 4) is 0 Å². The largest absolute Gasteiger partial charge is 0.337 e. The predicted molar refractivity (Wildman–Crippen MR) is 50.4 cm³/mol. The van der Waals surface area contributed by atoms with E-state index in [0.717, 1.165) is 25.3 Å². The summed E-state index contributed by atoms with van der Waals surface area (Å²) in [4.78, 5) is 6.31. The molecule has 0 aromatic carbocycles. The summed E-state index contributed by atoms with van der Waals surface area (Å²) in [5.74, 6) is 0.836. The Labute approximate surface area is 77.3 Å². The van der Waals surface area contributed by atoms with Gasteiger partial charge in [0.1, 0.15) is 6.33 Å². The van der Waals surface area contributed by atoms with Gasteiger partial charge in [-0.3, -0.25) is 0 Å². The fourth-order valence-corrected chi connectivity index (χ4v) is 1.81. The average Bonchev–Trinajstić information content (AvgIpc) is 2.62. The van der Waals surface area contributed by atoms with E-state index in [0.29, 0.717) is 6.04 Å². The lowest BCUT2D eigenvalue weighted by atomic mass is 9.99. The zero-order valence-corrected chi connectivity index (χ0v) is 7.77. The number of hydrogen-bond acceptors (Lipinski definition) is 4. The van der Waals surface area contributed by atoms with Crippen molar-refractivity contribution >= 4 is 5.95 Å². The highest BCUT2D eigenvalue weighted by Gasteiger charge is 2.26. The van der Waals surface area contributed by atoms with Crippen molar-refractivity contribution in [1.29, 1.82) is 0 Å². The highest BCUT2D eigenvalue weighted by molar-refractivity contribution is 5.30. The van der Waals surface area contributed by atoms with Crippen LogP contribution in [0.4, 0.5) is 5.95 Å². The number of nitrogens with zero attached hydrogens (tertiary/aromatic N) is 3.